The maximum atomic E-state index is 5.31. The molecule has 0 aromatic heterocycles. The molecule has 2 N–H and O–H groups in total. The van der Waals surface area contributed by atoms with Crippen molar-refractivity contribution in [1.29, 1.82) is 0 Å². The summed E-state index contributed by atoms with van der Waals surface area (Å²) in [5, 5.41) is 7.00. The molecular formula is C16H26N2O2. The number of rotatable bonds is 10. The number of hydrogen-bond acceptors (Lipinski definition) is 4. The molecule has 1 aliphatic rings. The van der Waals surface area contributed by atoms with E-state index in [1.54, 1.807) is 14.2 Å². The largest absolute Gasteiger partial charge is 0.493 e. The summed E-state index contributed by atoms with van der Waals surface area (Å²) in [6.45, 7) is 3.21. The Labute approximate surface area is 121 Å². The fourth-order valence-electron chi connectivity index (χ4n) is 2.20. The zero-order chi connectivity index (χ0) is 14.2. The van der Waals surface area contributed by atoms with Gasteiger partial charge in [0.15, 0.2) is 11.5 Å². The third-order valence-electron chi connectivity index (χ3n) is 3.58. The smallest absolute Gasteiger partial charge is 0.160 e. The van der Waals surface area contributed by atoms with Gasteiger partial charge in [0, 0.05) is 6.04 Å². The van der Waals surface area contributed by atoms with E-state index in [2.05, 4.69) is 22.8 Å². The van der Waals surface area contributed by atoms with E-state index in [0.29, 0.717) is 0 Å². The molecule has 1 aromatic rings. The van der Waals surface area contributed by atoms with Gasteiger partial charge in [-0.15, -0.1) is 0 Å². The van der Waals surface area contributed by atoms with Gasteiger partial charge in [0.05, 0.1) is 14.2 Å². The van der Waals surface area contributed by atoms with Crippen molar-refractivity contribution in [3.8, 4) is 11.5 Å². The minimum absolute atomic E-state index is 0.787. The second-order valence-corrected chi connectivity index (χ2v) is 5.27. The lowest BCUT2D eigenvalue weighted by atomic mass is 10.1. The van der Waals surface area contributed by atoms with Gasteiger partial charge in [-0.3, -0.25) is 0 Å². The molecule has 112 valence electrons. The minimum Gasteiger partial charge on any atom is -0.493 e. The first-order valence-electron chi connectivity index (χ1n) is 7.48. The highest BCUT2D eigenvalue weighted by atomic mass is 16.5. The monoisotopic (exact) mass is 278 g/mol. The Bertz CT molecular complexity index is 405. The van der Waals surface area contributed by atoms with Crippen molar-refractivity contribution < 1.29 is 9.47 Å². The molecule has 0 saturated heterocycles. The van der Waals surface area contributed by atoms with Crippen LogP contribution in [0.3, 0.4) is 0 Å². The Morgan fingerprint density at radius 2 is 1.85 bits per heavy atom. The van der Waals surface area contributed by atoms with Crippen molar-refractivity contribution in [3.05, 3.63) is 23.8 Å². The van der Waals surface area contributed by atoms with Crippen LogP contribution < -0.4 is 20.1 Å². The third kappa shape index (κ3) is 5.02. The summed E-state index contributed by atoms with van der Waals surface area (Å²) < 4.78 is 10.5. The maximum Gasteiger partial charge on any atom is 0.160 e. The topological polar surface area (TPSA) is 42.5 Å². The summed E-state index contributed by atoms with van der Waals surface area (Å²) in [5.74, 6) is 1.59. The van der Waals surface area contributed by atoms with Crippen molar-refractivity contribution in [3.63, 3.8) is 0 Å². The molecule has 0 spiro atoms. The number of nitrogens with one attached hydrogen (secondary N) is 2. The zero-order valence-corrected chi connectivity index (χ0v) is 12.6. The normalized spacial score (nSPS) is 14.3. The molecule has 4 nitrogen and oxygen atoms in total. The third-order valence-corrected chi connectivity index (χ3v) is 3.58. The number of benzene rings is 1. The standard InChI is InChI=1S/C16H26N2O2/c1-19-15-7-4-13(12-16(15)20-2)8-11-17-9-3-10-18-14-5-6-14/h4,7,12,14,17-18H,3,5-6,8-11H2,1-2H3. The van der Waals surface area contributed by atoms with Gasteiger partial charge in [0.25, 0.3) is 0 Å². The lowest BCUT2D eigenvalue weighted by Crippen LogP contribution is -2.24. The molecule has 1 fully saturated rings. The molecule has 0 atom stereocenters. The van der Waals surface area contributed by atoms with Crippen LogP contribution in [0.1, 0.15) is 24.8 Å². The molecule has 0 unspecified atom stereocenters. The molecule has 20 heavy (non-hydrogen) atoms. The van der Waals surface area contributed by atoms with Gasteiger partial charge in [-0.2, -0.15) is 0 Å². The first-order chi connectivity index (χ1) is 9.83. The van der Waals surface area contributed by atoms with Crippen molar-refractivity contribution in [2.45, 2.75) is 31.7 Å². The Morgan fingerprint density at radius 1 is 1.05 bits per heavy atom. The van der Waals surface area contributed by atoms with Crippen LogP contribution in [0.25, 0.3) is 0 Å². The first kappa shape index (κ1) is 15.1. The molecule has 0 amide bonds. The van der Waals surface area contributed by atoms with Crippen LogP contribution in [0.2, 0.25) is 0 Å². The molecule has 1 aromatic carbocycles. The molecule has 0 aliphatic heterocycles. The highest BCUT2D eigenvalue weighted by Gasteiger charge is 2.19. The van der Waals surface area contributed by atoms with Gasteiger partial charge in [0.2, 0.25) is 0 Å². The van der Waals surface area contributed by atoms with Gasteiger partial charge in [-0.05, 0) is 63.0 Å². The number of ether oxygens (including phenoxy) is 2. The molecule has 1 aliphatic carbocycles. The molecule has 0 heterocycles. The van der Waals surface area contributed by atoms with E-state index in [4.69, 9.17) is 9.47 Å². The SMILES string of the molecule is COc1ccc(CCNCCCNC2CC2)cc1OC. The average molecular weight is 278 g/mol. The number of hydrogen-bond donors (Lipinski definition) is 2. The first-order valence-corrected chi connectivity index (χ1v) is 7.48. The molecule has 0 radical (unpaired) electrons. The summed E-state index contributed by atoms with van der Waals surface area (Å²) in [7, 11) is 3.33. The Hall–Kier alpha value is -1.26. The van der Waals surface area contributed by atoms with E-state index in [1.807, 2.05) is 6.07 Å². The van der Waals surface area contributed by atoms with Crippen LogP contribution in [0.4, 0.5) is 0 Å². The molecule has 2 rings (SSSR count). The van der Waals surface area contributed by atoms with E-state index in [-0.39, 0.29) is 0 Å². The lowest BCUT2D eigenvalue weighted by molar-refractivity contribution is 0.354. The summed E-state index contributed by atoms with van der Waals surface area (Å²) in [4.78, 5) is 0. The average Bonchev–Trinajstić information content (AvgIpc) is 3.30. The fraction of sp³-hybridized carbons (Fsp3) is 0.625. The van der Waals surface area contributed by atoms with Gasteiger partial charge in [-0.25, -0.2) is 0 Å². The molecular weight excluding hydrogens is 252 g/mol. The lowest BCUT2D eigenvalue weighted by Gasteiger charge is -2.10. The van der Waals surface area contributed by atoms with E-state index < -0.39 is 0 Å². The van der Waals surface area contributed by atoms with Gasteiger partial charge in [0.1, 0.15) is 0 Å². The minimum atomic E-state index is 0.787. The van der Waals surface area contributed by atoms with Gasteiger partial charge in [-0.1, -0.05) is 6.07 Å². The number of methoxy groups -OCH3 is 2. The Morgan fingerprint density at radius 3 is 2.55 bits per heavy atom. The zero-order valence-electron chi connectivity index (χ0n) is 12.6. The van der Waals surface area contributed by atoms with Crippen LogP contribution in [-0.2, 0) is 6.42 Å². The second-order valence-electron chi connectivity index (χ2n) is 5.27. The summed E-state index contributed by atoms with van der Waals surface area (Å²) in [6.07, 6.45) is 4.94. The summed E-state index contributed by atoms with van der Waals surface area (Å²) in [6, 6.07) is 6.93. The molecule has 1 saturated carbocycles. The predicted molar refractivity (Wildman–Crippen MR) is 81.8 cm³/mol. The van der Waals surface area contributed by atoms with E-state index in [1.165, 1.54) is 24.8 Å². The van der Waals surface area contributed by atoms with E-state index >= 15 is 0 Å². The van der Waals surface area contributed by atoms with Crippen LogP contribution >= 0.6 is 0 Å². The van der Waals surface area contributed by atoms with Crippen LogP contribution in [-0.4, -0.2) is 39.9 Å². The molecule has 4 heteroatoms. The van der Waals surface area contributed by atoms with Crippen molar-refractivity contribution >= 4 is 0 Å². The fourth-order valence-corrected chi connectivity index (χ4v) is 2.20. The highest BCUT2D eigenvalue weighted by Crippen LogP contribution is 2.27. The summed E-state index contributed by atoms with van der Waals surface area (Å²) in [5.41, 5.74) is 1.27. The highest BCUT2D eigenvalue weighted by molar-refractivity contribution is 5.42. The Balaban J connectivity index is 1.60. The van der Waals surface area contributed by atoms with Crippen molar-refractivity contribution in [1.82, 2.24) is 10.6 Å². The second kappa shape index (κ2) is 8.12. The molecule has 0 bridgehead atoms. The van der Waals surface area contributed by atoms with Gasteiger partial charge < -0.3 is 20.1 Å². The van der Waals surface area contributed by atoms with Crippen LogP contribution in [0, 0.1) is 0 Å². The van der Waals surface area contributed by atoms with E-state index in [0.717, 1.165) is 43.6 Å². The quantitative estimate of drug-likeness (QED) is 0.642. The predicted octanol–water partition coefficient (Wildman–Crippen LogP) is 1.98. The van der Waals surface area contributed by atoms with Crippen LogP contribution in [0.5, 0.6) is 11.5 Å². The van der Waals surface area contributed by atoms with Crippen molar-refractivity contribution in [2.24, 2.45) is 0 Å². The Kier molecular flexibility index (Phi) is 6.15. The van der Waals surface area contributed by atoms with E-state index in [9.17, 15) is 0 Å². The van der Waals surface area contributed by atoms with Crippen molar-refractivity contribution in [2.75, 3.05) is 33.9 Å². The van der Waals surface area contributed by atoms with Crippen LogP contribution in [0.15, 0.2) is 18.2 Å². The summed E-state index contributed by atoms with van der Waals surface area (Å²) >= 11 is 0. The maximum absolute atomic E-state index is 5.31. The van der Waals surface area contributed by atoms with Gasteiger partial charge >= 0.3 is 0 Å².